The van der Waals surface area contributed by atoms with Gasteiger partial charge in [-0.3, -0.25) is 9.59 Å². The van der Waals surface area contributed by atoms with Gasteiger partial charge in [-0.2, -0.15) is 13.2 Å². The van der Waals surface area contributed by atoms with Crippen molar-refractivity contribution in [3.63, 3.8) is 0 Å². The van der Waals surface area contributed by atoms with Crippen molar-refractivity contribution >= 4 is 17.5 Å². The number of alkyl halides is 3. The highest BCUT2D eigenvalue weighted by molar-refractivity contribution is 6.23. The molecule has 1 aliphatic rings. The monoisotopic (exact) mass is 422 g/mol. The zero-order valence-electron chi connectivity index (χ0n) is 15.8. The molecule has 0 spiro atoms. The quantitative estimate of drug-likeness (QED) is 0.560. The zero-order valence-corrected chi connectivity index (χ0v) is 15.8. The van der Waals surface area contributed by atoms with Crippen LogP contribution in [0.5, 0.6) is 0 Å². The van der Waals surface area contributed by atoms with Crippen LogP contribution in [0.15, 0.2) is 59.9 Å². The summed E-state index contributed by atoms with van der Waals surface area (Å²) in [4.78, 5) is 26.7. The molecule has 0 fully saturated rings. The van der Waals surface area contributed by atoms with Crippen molar-refractivity contribution in [2.45, 2.75) is 25.6 Å². The lowest BCUT2D eigenvalue weighted by Crippen LogP contribution is -2.43. The summed E-state index contributed by atoms with van der Waals surface area (Å²) in [5.41, 5.74) is -0.634. The summed E-state index contributed by atoms with van der Waals surface area (Å²) in [6.45, 7) is 1.83. The molecule has 3 rings (SSSR count). The Bertz CT molecular complexity index is 983. The smallest absolute Gasteiger partial charge is 0.416 e. The molecule has 2 N–H and O–H groups in total. The van der Waals surface area contributed by atoms with Crippen LogP contribution < -0.4 is 5.32 Å². The summed E-state index contributed by atoms with van der Waals surface area (Å²) in [5.74, 6) is -2.56. The van der Waals surface area contributed by atoms with Gasteiger partial charge in [0.25, 0.3) is 11.8 Å². The van der Waals surface area contributed by atoms with E-state index in [1.165, 1.54) is 29.2 Å². The second kappa shape index (κ2) is 8.17. The van der Waals surface area contributed by atoms with Gasteiger partial charge in [0.05, 0.1) is 11.6 Å². The van der Waals surface area contributed by atoms with Gasteiger partial charge in [0.2, 0.25) is 0 Å². The predicted octanol–water partition coefficient (Wildman–Crippen LogP) is 4.59. The number of aliphatic hydroxyl groups excluding tert-OH is 1. The lowest BCUT2D eigenvalue weighted by molar-refractivity contribution is -0.138. The number of likely N-dealkylation sites (N-methyl/N-ethyl adjacent to an activating group) is 1. The van der Waals surface area contributed by atoms with Crippen molar-refractivity contribution in [1.82, 2.24) is 4.90 Å². The summed E-state index contributed by atoms with van der Waals surface area (Å²) >= 11 is 0. The third-order valence-electron chi connectivity index (χ3n) is 4.82. The van der Waals surface area contributed by atoms with E-state index in [-0.39, 0.29) is 18.7 Å². The standard InChI is InChI=1S/C21H18F4N2O3/c1-2-27-16(12-3-5-13(6-4-12)21(23,24)25)11-17(28)18(20(27)30)19(29)26-15-9-7-14(22)8-10-15/h3-10,16,28H,2,11H2,1H3,(H,26,29). The van der Waals surface area contributed by atoms with Crippen LogP contribution in [0.3, 0.4) is 0 Å². The number of nitrogens with zero attached hydrogens (tertiary/aromatic N) is 1. The number of benzene rings is 2. The molecule has 1 unspecified atom stereocenters. The van der Waals surface area contributed by atoms with Crippen molar-refractivity contribution < 1.29 is 32.3 Å². The maximum Gasteiger partial charge on any atom is 0.416 e. The van der Waals surface area contributed by atoms with Gasteiger partial charge in [-0.15, -0.1) is 0 Å². The highest BCUT2D eigenvalue weighted by atomic mass is 19.4. The van der Waals surface area contributed by atoms with Crippen molar-refractivity contribution in [1.29, 1.82) is 0 Å². The predicted molar refractivity (Wildman–Crippen MR) is 101 cm³/mol. The van der Waals surface area contributed by atoms with E-state index in [2.05, 4.69) is 5.32 Å². The Kier molecular flexibility index (Phi) is 5.82. The first kappa shape index (κ1) is 21.4. The van der Waals surface area contributed by atoms with Crippen LogP contribution in [0.4, 0.5) is 23.2 Å². The van der Waals surface area contributed by atoms with Gasteiger partial charge in [-0.05, 0) is 48.9 Å². The number of carbonyl (C=O) groups is 2. The molecule has 1 heterocycles. The fourth-order valence-corrected chi connectivity index (χ4v) is 3.32. The number of hydrogen-bond acceptors (Lipinski definition) is 3. The van der Waals surface area contributed by atoms with E-state index in [0.29, 0.717) is 5.56 Å². The largest absolute Gasteiger partial charge is 0.511 e. The Balaban J connectivity index is 1.87. The Morgan fingerprint density at radius 1 is 1.13 bits per heavy atom. The van der Waals surface area contributed by atoms with Gasteiger partial charge in [0, 0.05) is 18.7 Å². The maximum absolute atomic E-state index is 13.0. The number of amides is 2. The van der Waals surface area contributed by atoms with Crippen molar-refractivity contribution in [2.75, 3.05) is 11.9 Å². The van der Waals surface area contributed by atoms with Gasteiger partial charge in [-0.1, -0.05) is 12.1 Å². The molecular weight excluding hydrogens is 404 g/mol. The minimum absolute atomic E-state index is 0.128. The molecule has 30 heavy (non-hydrogen) atoms. The van der Waals surface area contributed by atoms with Gasteiger partial charge in [0.1, 0.15) is 17.1 Å². The number of halogens is 4. The molecule has 2 aromatic rings. The molecular formula is C21H18F4N2O3. The van der Waals surface area contributed by atoms with E-state index < -0.39 is 46.7 Å². The summed E-state index contributed by atoms with van der Waals surface area (Å²) < 4.78 is 51.4. The minimum atomic E-state index is -4.49. The van der Waals surface area contributed by atoms with E-state index in [1.54, 1.807) is 6.92 Å². The van der Waals surface area contributed by atoms with Crippen LogP contribution in [0.25, 0.3) is 0 Å². The lowest BCUT2D eigenvalue weighted by atomic mass is 9.93. The SMILES string of the molecule is CCN1C(=O)C(C(=O)Nc2ccc(F)cc2)=C(O)CC1c1ccc(C(F)(F)F)cc1. The number of hydrogen-bond donors (Lipinski definition) is 2. The number of rotatable bonds is 4. The molecule has 0 saturated heterocycles. The average molecular weight is 422 g/mol. The summed E-state index contributed by atoms with van der Waals surface area (Å²) in [6, 6.07) is 8.47. The molecule has 0 radical (unpaired) electrons. The normalized spacial score (nSPS) is 17.3. The Morgan fingerprint density at radius 2 is 1.73 bits per heavy atom. The zero-order chi connectivity index (χ0) is 22.1. The van der Waals surface area contributed by atoms with Crippen LogP contribution >= 0.6 is 0 Å². The molecule has 0 saturated carbocycles. The first-order valence-corrected chi connectivity index (χ1v) is 9.09. The first-order chi connectivity index (χ1) is 14.1. The molecule has 0 bridgehead atoms. The van der Waals surface area contributed by atoms with Crippen molar-refractivity contribution in [3.05, 3.63) is 76.8 Å². The van der Waals surface area contributed by atoms with Crippen LogP contribution in [-0.4, -0.2) is 28.4 Å². The van der Waals surface area contributed by atoms with Gasteiger partial charge < -0.3 is 15.3 Å². The molecule has 0 aliphatic carbocycles. The highest BCUT2D eigenvalue weighted by Gasteiger charge is 2.38. The molecule has 1 atom stereocenters. The van der Waals surface area contributed by atoms with Crippen LogP contribution in [0.2, 0.25) is 0 Å². The second-order valence-corrected chi connectivity index (χ2v) is 6.71. The average Bonchev–Trinajstić information content (AvgIpc) is 2.69. The van der Waals surface area contributed by atoms with Crippen LogP contribution in [0.1, 0.15) is 30.5 Å². The fraction of sp³-hybridized carbons (Fsp3) is 0.238. The minimum Gasteiger partial charge on any atom is -0.511 e. The highest BCUT2D eigenvalue weighted by Crippen LogP contribution is 2.36. The summed E-state index contributed by atoms with van der Waals surface area (Å²) in [5, 5.41) is 12.8. The van der Waals surface area contributed by atoms with E-state index in [1.807, 2.05) is 0 Å². The summed E-state index contributed by atoms with van der Waals surface area (Å²) in [7, 11) is 0. The number of nitrogens with one attached hydrogen (secondary N) is 1. The molecule has 2 amide bonds. The fourth-order valence-electron chi connectivity index (χ4n) is 3.32. The van der Waals surface area contributed by atoms with Crippen LogP contribution in [-0.2, 0) is 15.8 Å². The van der Waals surface area contributed by atoms with E-state index in [9.17, 15) is 32.3 Å². The van der Waals surface area contributed by atoms with E-state index in [4.69, 9.17) is 0 Å². The molecule has 2 aromatic carbocycles. The lowest BCUT2D eigenvalue weighted by Gasteiger charge is -2.35. The third kappa shape index (κ3) is 4.29. The Hall–Kier alpha value is -3.36. The number of carbonyl (C=O) groups excluding carboxylic acids is 2. The third-order valence-corrected chi connectivity index (χ3v) is 4.82. The van der Waals surface area contributed by atoms with Gasteiger partial charge >= 0.3 is 6.18 Å². The van der Waals surface area contributed by atoms with Gasteiger partial charge in [-0.25, -0.2) is 4.39 Å². The molecule has 1 aliphatic heterocycles. The van der Waals surface area contributed by atoms with Crippen molar-refractivity contribution in [3.8, 4) is 0 Å². The van der Waals surface area contributed by atoms with E-state index >= 15 is 0 Å². The molecule has 9 heteroatoms. The maximum atomic E-state index is 13.0. The number of aliphatic hydroxyl groups is 1. The topological polar surface area (TPSA) is 69.6 Å². The second-order valence-electron chi connectivity index (χ2n) is 6.71. The van der Waals surface area contributed by atoms with Crippen molar-refractivity contribution in [2.24, 2.45) is 0 Å². The van der Waals surface area contributed by atoms with Gasteiger partial charge in [0.15, 0.2) is 0 Å². The van der Waals surface area contributed by atoms with E-state index in [0.717, 1.165) is 24.3 Å². The molecule has 158 valence electrons. The molecule has 0 aromatic heterocycles. The van der Waals surface area contributed by atoms with Crippen LogP contribution in [0, 0.1) is 5.82 Å². The molecule has 5 nitrogen and oxygen atoms in total. The first-order valence-electron chi connectivity index (χ1n) is 9.09. The number of anilines is 1. The Labute approximate surface area is 169 Å². The Morgan fingerprint density at radius 3 is 2.27 bits per heavy atom. The summed E-state index contributed by atoms with van der Waals surface area (Å²) in [6.07, 6.45) is -4.61.